The minimum Gasteiger partial charge on any atom is -0.381 e. The fourth-order valence-electron chi connectivity index (χ4n) is 2.14. The van der Waals surface area contributed by atoms with Gasteiger partial charge in [-0.3, -0.25) is 9.78 Å². The second-order valence-corrected chi connectivity index (χ2v) is 6.81. The van der Waals surface area contributed by atoms with Crippen LogP contribution in [-0.2, 0) is 19.6 Å². The SMILES string of the molecule is C/C(=C/C(=O)NS(=O)(=O)CC1CCOC1)c1ccncc1. The molecule has 1 saturated heterocycles. The molecule has 6 nitrogen and oxygen atoms in total. The maximum atomic E-state index is 11.9. The van der Waals surface area contributed by atoms with E-state index in [2.05, 4.69) is 9.71 Å². The molecule has 1 N–H and O–H groups in total. The molecule has 0 radical (unpaired) electrons. The van der Waals surface area contributed by atoms with E-state index in [0.29, 0.717) is 25.2 Å². The smallest absolute Gasteiger partial charge is 0.257 e. The van der Waals surface area contributed by atoms with Crippen LogP contribution >= 0.6 is 0 Å². The van der Waals surface area contributed by atoms with Gasteiger partial charge in [-0.2, -0.15) is 0 Å². The Morgan fingerprint density at radius 1 is 1.48 bits per heavy atom. The Bertz CT molecular complexity index is 620. The number of carbonyl (C=O) groups is 1. The zero-order valence-corrected chi connectivity index (χ0v) is 12.6. The van der Waals surface area contributed by atoms with Crippen LogP contribution in [0.1, 0.15) is 18.9 Å². The number of hydrogen-bond donors (Lipinski definition) is 1. The van der Waals surface area contributed by atoms with Gasteiger partial charge in [-0.05, 0) is 36.6 Å². The number of sulfonamides is 1. The van der Waals surface area contributed by atoms with E-state index in [1.165, 1.54) is 6.08 Å². The van der Waals surface area contributed by atoms with E-state index in [4.69, 9.17) is 4.74 Å². The zero-order chi connectivity index (χ0) is 15.3. The molecule has 2 heterocycles. The van der Waals surface area contributed by atoms with Crippen LogP contribution in [-0.4, -0.2) is 38.3 Å². The minimum absolute atomic E-state index is 0.0411. The summed E-state index contributed by atoms with van der Waals surface area (Å²) < 4.78 is 31.0. The number of amides is 1. The third kappa shape index (κ3) is 4.95. The Hall–Kier alpha value is -1.73. The molecule has 1 atom stereocenters. The van der Waals surface area contributed by atoms with Crippen molar-refractivity contribution in [2.75, 3.05) is 19.0 Å². The van der Waals surface area contributed by atoms with Crippen molar-refractivity contribution in [2.24, 2.45) is 5.92 Å². The maximum absolute atomic E-state index is 11.9. The predicted molar refractivity (Wildman–Crippen MR) is 78.7 cm³/mol. The molecule has 1 aromatic heterocycles. The number of allylic oxidation sites excluding steroid dienone is 1. The van der Waals surface area contributed by atoms with Crippen LogP contribution in [0.25, 0.3) is 5.57 Å². The zero-order valence-electron chi connectivity index (χ0n) is 11.8. The standard InChI is InChI=1S/C14H18N2O4S/c1-11(13-2-5-15-6-3-13)8-14(17)16-21(18,19)10-12-4-7-20-9-12/h2-3,5-6,8,12H,4,7,9-10H2,1H3,(H,16,17)/b11-8-. The molecule has 1 aliphatic rings. The fraction of sp³-hybridized carbons (Fsp3) is 0.429. The van der Waals surface area contributed by atoms with Crippen LogP contribution in [0.3, 0.4) is 0 Å². The Kier molecular flexibility index (Phi) is 5.08. The van der Waals surface area contributed by atoms with Gasteiger partial charge in [0.05, 0.1) is 12.4 Å². The summed E-state index contributed by atoms with van der Waals surface area (Å²) in [6, 6.07) is 3.51. The fourth-order valence-corrected chi connectivity index (χ4v) is 3.48. The molecule has 1 aliphatic heterocycles. The molecule has 2 rings (SSSR count). The van der Waals surface area contributed by atoms with Gasteiger partial charge in [0.25, 0.3) is 5.91 Å². The molecule has 7 heteroatoms. The molecule has 114 valence electrons. The predicted octanol–water partition coefficient (Wildman–Crippen LogP) is 0.967. The first kappa shape index (κ1) is 15.7. The molecule has 1 amide bonds. The van der Waals surface area contributed by atoms with E-state index >= 15 is 0 Å². The number of rotatable bonds is 5. The number of ether oxygens (including phenoxy) is 1. The first-order valence-corrected chi connectivity index (χ1v) is 8.32. The average molecular weight is 310 g/mol. The van der Waals surface area contributed by atoms with E-state index in [9.17, 15) is 13.2 Å². The highest BCUT2D eigenvalue weighted by atomic mass is 32.2. The normalized spacial score (nSPS) is 19.5. The van der Waals surface area contributed by atoms with E-state index in [-0.39, 0.29) is 11.7 Å². The Balaban J connectivity index is 1.97. The summed E-state index contributed by atoms with van der Waals surface area (Å²) in [5.41, 5.74) is 1.50. The summed E-state index contributed by atoms with van der Waals surface area (Å²) >= 11 is 0. The molecule has 0 saturated carbocycles. The number of pyridine rings is 1. The van der Waals surface area contributed by atoms with Crippen molar-refractivity contribution < 1.29 is 17.9 Å². The van der Waals surface area contributed by atoms with Gasteiger partial charge < -0.3 is 4.74 Å². The van der Waals surface area contributed by atoms with Gasteiger partial charge in [0.15, 0.2) is 0 Å². The molecular weight excluding hydrogens is 292 g/mol. The lowest BCUT2D eigenvalue weighted by molar-refractivity contribution is -0.114. The third-order valence-electron chi connectivity index (χ3n) is 3.22. The number of carbonyl (C=O) groups excluding carboxylic acids is 1. The van der Waals surface area contributed by atoms with Crippen LogP contribution in [0.2, 0.25) is 0 Å². The monoisotopic (exact) mass is 310 g/mol. The first-order chi connectivity index (χ1) is 9.96. The van der Waals surface area contributed by atoms with Gasteiger partial charge in [-0.25, -0.2) is 13.1 Å². The van der Waals surface area contributed by atoms with Crippen LogP contribution in [0.4, 0.5) is 0 Å². The van der Waals surface area contributed by atoms with Gasteiger partial charge in [0.1, 0.15) is 0 Å². The Morgan fingerprint density at radius 2 is 2.19 bits per heavy atom. The van der Waals surface area contributed by atoms with Crippen molar-refractivity contribution >= 4 is 21.5 Å². The van der Waals surface area contributed by atoms with Crippen molar-refractivity contribution in [1.82, 2.24) is 9.71 Å². The second kappa shape index (κ2) is 6.82. The summed E-state index contributed by atoms with van der Waals surface area (Å²) in [5.74, 6) is -0.759. The molecule has 21 heavy (non-hydrogen) atoms. The number of nitrogens with zero attached hydrogens (tertiary/aromatic N) is 1. The first-order valence-electron chi connectivity index (χ1n) is 6.67. The van der Waals surface area contributed by atoms with Crippen LogP contribution in [0.5, 0.6) is 0 Å². The molecule has 0 aromatic carbocycles. The number of aromatic nitrogens is 1. The topological polar surface area (TPSA) is 85.4 Å². The summed E-state index contributed by atoms with van der Waals surface area (Å²) in [7, 11) is -3.63. The lowest BCUT2D eigenvalue weighted by Gasteiger charge is -2.09. The van der Waals surface area contributed by atoms with Crippen LogP contribution in [0, 0.1) is 5.92 Å². The Morgan fingerprint density at radius 3 is 2.81 bits per heavy atom. The van der Waals surface area contributed by atoms with Gasteiger partial charge in [-0.15, -0.1) is 0 Å². The molecule has 0 spiro atoms. The van der Waals surface area contributed by atoms with Gasteiger partial charge in [-0.1, -0.05) is 0 Å². The van der Waals surface area contributed by atoms with E-state index in [0.717, 1.165) is 5.56 Å². The van der Waals surface area contributed by atoms with Gasteiger partial charge in [0, 0.05) is 31.0 Å². The van der Waals surface area contributed by atoms with Crippen molar-refractivity contribution in [1.29, 1.82) is 0 Å². The van der Waals surface area contributed by atoms with Crippen molar-refractivity contribution in [3.8, 4) is 0 Å². The summed E-state index contributed by atoms with van der Waals surface area (Å²) in [4.78, 5) is 15.7. The van der Waals surface area contributed by atoms with Crippen LogP contribution < -0.4 is 4.72 Å². The quantitative estimate of drug-likeness (QED) is 0.819. The molecule has 1 aromatic rings. The molecule has 0 bridgehead atoms. The lowest BCUT2D eigenvalue weighted by Crippen LogP contribution is -2.34. The van der Waals surface area contributed by atoms with E-state index in [1.54, 1.807) is 31.5 Å². The summed E-state index contributed by atoms with van der Waals surface area (Å²) in [5, 5.41) is 0. The molecule has 1 fully saturated rings. The summed E-state index contributed by atoms with van der Waals surface area (Å²) in [6.07, 6.45) is 5.21. The molecule has 1 unspecified atom stereocenters. The highest BCUT2D eigenvalue weighted by Crippen LogP contribution is 2.14. The van der Waals surface area contributed by atoms with Crippen molar-refractivity contribution in [2.45, 2.75) is 13.3 Å². The average Bonchev–Trinajstić information content (AvgIpc) is 2.90. The summed E-state index contributed by atoms with van der Waals surface area (Å²) in [6.45, 7) is 2.75. The van der Waals surface area contributed by atoms with Crippen LogP contribution in [0.15, 0.2) is 30.6 Å². The number of nitrogens with one attached hydrogen (secondary N) is 1. The van der Waals surface area contributed by atoms with Gasteiger partial charge >= 0.3 is 0 Å². The second-order valence-electron chi connectivity index (χ2n) is 5.04. The molecular formula is C14H18N2O4S. The third-order valence-corrected chi connectivity index (χ3v) is 4.64. The lowest BCUT2D eigenvalue weighted by atomic mass is 10.1. The Labute approximate surface area is 124 Å². The maximum Gasteiger partial charge on any atom is 0.257 e. The highest BCUT2D eigenvalue weighted by Gasteiger charge is 2.24. The van der Waals surface area contributed by atoms with Gasteiger partial charge in [0.2, 0.25) is 10.0 Å². The van der Waals surface area contributed by atoms with E-state index < -0.39 is 15.9 Å². The minimum atomic E-state index is -3.63. The van der Waals surface area contributed by atoms with Crippen molar-refractivity contribution in [3.63, 3.8) is 0 Å². The molecule has 0 aliphatic carbocycles. The van der Waals surface area contributed by atoms with Crippen molar-refractivity contribution in [3.05, 3.63) is 36.2 Å². The van der Waals surface area contributed by atoms with E-state index in [1.807, 2.05) is 0 Å². The highest BCUT2D eigenvalue weighted by molar-refractivity contribution is 7.90. The largest absolute Gasteiger partial charge is 0.381 e. The number of hydrogen-bond acceptors (Lipinski definition) is 5.